The van der Waals surface area contributed by atoms with E-state index in [1.54, 1.807) is 4.90 Å². The van der Waals surface area contributed by atoms with Crippen molar-refractivity contribution in [1.82, 2.24) is 14.9 Å². The van der Waals surface area contributed by atoms with E-state index in [9.17, 15) is 13.6 Å². The van der Waals surface area contributed by atoms with Gasteiger partial charge in [-0.15, -0.1) is 0 Å². The van der Waals surface area contributed by atoms with Crippen LogP contribution in [0.15, 0.2) is 12.4 Å². The standard InChI is InChI=1S/C18H22F2N4O2/c1-11-13(19)9-12-15(14(11)20)21-10-22-16(12)23-5-7-24(8-6-23)17(25)26-18(2,3)4/h9-10H,5-8H2,1-4H3. The number of hydrogen-bond acceptors (Lipinski definition) is 5. The molecule has 3 rings (SSSR count). The van der Waals surface area contributed by atoms with Crippen LogP contribution in [0.5, 0.6) is 0 Å². The highest BCUT2D eigenvalue weighted by atomic mass is 19.1. The van der Waals surface area contributed by atoms with Crippen LogP contribution in [-0.4, -0.2) is 52.7 Å². The minimum atomic E-state index is -0.670. The second kappa shape index (κ2) is 6.66. The van der Waals surface area contributed by atoms with Crippen LogP contribution >= 0.6 is 0 Å². The Balaban J connectivity index is 1.81. The van der Waals surface area contributed by atoms with Gasteiger partial charge in [0.05, 0.1) is 0 Å². The van der Waals surface area contributed by atoms with E-state index in [1.807, 2.05) is 25.7 Å². The fourth-order valence-electron chi connectivity index (χ4n) is 2.89. The molecule has 0 radical (unpaired) electrons. The SMILES string of the molecule is Cc1c(F)cc2c(N3CCN(C(=O)OC(C)(C)C)CC3)ncnc2c1F. The molecule has 0 aliphatic carbocycles. The molecule has 1 saturated heterocycles. The van der Waals surface area contributed by atoms with Crippen LogP contribution < -0.4 is 4.90 Å². The summed E-state index contributed by atoms with van der Waals surface area (Å²) in [4.78, 5) is 23.9. The van der Waals surface area contributed by atoms with E-state index < -0.39 is 17.2 Å². The molecule has 0 saturated carbocycles. The molecule has 1 aromatic carbocycles. The van der Waals surface area contributed by atoms with Crippen molar-refractivity contribution >= 4 is 22.8 Å². The molecular weight excluding hydrogens is 342 g/mol. The monoisotopic (exact) mass is 364 g/mol. The Hall–Kier alpha value is -2.51. The predicted molar refractivity (Wildman–Crippen MR) is 94.2 cm³/mol. The smallest absolute Gasteiger partial charge is 0.410 e. The lowest BCUT2D eigenvalue weighted by Gasteiger charge is -2.36. The lowest BCUT2D eigenvalue weighted by Crippen LogP contribution is -2.50. The second-order valence-electron chi connectivity index (χ2n) is 7.35. The quantitative estimate of drug-likeness (QED) is 0.777. The molecular formula is C18H22F2N4O2. The van der Waals surface area contributed by atoms with Gasteiger partial charge in [0, 0.05) is 37.1 Å². The summed E-state index contributed by atoms with van der Waals surface area (Å²) >= 11 is 0. The number of carbonyl (C=O) groups excluding carboxylic acids is 1. The van der Waals surface area contributed by atoms with Crippen LogP contribution in [0.3, 0.4) is 0 Å². The van der Waals surface area contributed by atoms with Crippen LogP contribution in [0.1, 0.15) is 26.3 Å². The Labute approximate surface area is 150 Å². The summed E-state index contributed by atoms with van der Waals surface area (Å²) in [6, 6.07) is 1.27. The zero-order valence-corrected chi connectivity index (χ0v) is 15.3. The molecule has 1 fully saturated rings. The molecule has 1 aliphatic rings. The van der Waals surface area contributed by atoms with Gasteiger partial charge in [0.25, 0.3) is 0 Å². The molecule has 8 heteroatoms. The van der Waals surface area contributed by atoms with Crippen LogP contribution in [0.4, 0.5) is 19.4 Å². The van der Waals surface area contributed by atoms with Crippen LogP contribution in [0.2, 0.25) is 0 Å². The van der Waals surface area contributed by atoms with Crippen molar-refractivity contribution in [2.75, 3.05) is 31.1 Å². The molecule has 0 unspecified atom stereocenters. The number of ether oxygens (including phenoxy) is 1. The molecule has 0 N–H and O–H groups in total. The van der Waals surface area contributed by atoms with Crippen molar-refractivity contribution in [2.24, 2.45) is 0 Å². The number of piperazine rings is 1. The highest BCUT2D eigenvalue weighted by Gasteiger charge is 2.27. The Bertz CT molecular complexity index is 843. The van der Waals surface area contributed by atoms with Gasteiger partial charge >= 0.3 is 6.09 Å². The van der Waals surface area contributed by atoms with Crippen molar-refractivity contribution < 1.29 is 18.3 Å². The number of carbonyl (C=O) groups is 1. The Morgan fingerprint density at radius 3 is 2.42 bits per heavy atom. The first-order valence-corrected chi connectivity index (χ1v) is 8.49. The molecule has 1 aliphatic heterocycles. The molecule has 1 amide bonds. The minimum absolute atomic E-state index is 0.0584. The number of hydrogen-bond donors (Lipinski definition) is 0. The summed E-state index contributed by atoms with van der Waals surface area (Å²) in [6.07, 6.45) is 0.913. The third kappa shape index (κ3) is 3.54. The van der Waals surface area contributed by atoms with E-state index in [4.69, 9.17) is 4.74 Å². The maximum atomic E-state index is 14.3. The molecule has 0 bridgehead atoms. The molecule has 6 nitrogen and oxygen atoms in total. The van der Waals surface area contributed by atoms with Crippen LogP contribution in [0, 0.1) is 18.6 Å². The Morgan fingerprint density at radius 1 is 1.15 bits per heavy atom. The largest absolute Gasteiger partial charge is 0.444 e. The molecule has 26 heavy (non-hydrogen) atoms. The summed E-state index contributed by atoms with van der Waals surface area (Å²) in [7, 11) is 0. The van der Waals surface area contributed by atoms with Crippen molar-refractivity contribution in [1.29, 1.82) is 0 Å². The average Bonchev–Trinajstić information content (AvgIpc) is 2.58. The summed E-state index contributed by atoms with van der Waals surface area (Å²) in [6.45, 7) is 8.70. The molecule has 140 valence electrons. The Kier molecular flexibility index (Phi) is 4.68. The van der Waals surface area contributed by atoms with Crippen molar-refractivity contribution in [2.45, 2.75) is 33.3 Å². The third-order valence-electron chi connectivity index (χ3n) is 4.26. The summed E-state index contributed by atoms with van der Waals surface area (Å²) in [5, 5.41) is 0.332. The van der Waals surface area contributed by atoms with Gasteiger partial charge < -0.3 is 14.5 Å². The van der Waals surface area contributed by atoms with Gasteiger partial charge in [-0.3, -0.25) is 0 Å². The number of halogens is 2. The highest BCUT2D eigenvalue weighted by molar-refractivity contribution is 5.90. The number of nitrogens with zero attached hydrogens (tertiary/aromatic N) is 4. The van der Waals surface area contributed by atoms with Gasteiger partial charge in [0.2, 0.25) is 0 Å². The summed E-state index contributed by atoms with van der Waals surface area (Å²) in [5.41, 5.74) is -0.510. The molecule has 0 spiro atoms. The van der Waals surface area contributed by atoms with E-state index in [2.05, 4.69) is 9.97 Å². The van der Waals surface area contributed by atoms with Gasteiger partial charge in [-0.1, -0.05) is 0 Å². The van der Waals surface area contributed by atoms with E-state index in [-0.39, 0.29) is 17.2 Å². The molecule has 2 aromatic rings. The molecule has 2 heterocycles. The second-order valence-corrected chi connectivity index (χ2v) is 7.35. The summed E-state index contributed by atoms with van der Waals surface area (Å²) < 4.78 is 33.7. The van der Waals surface area contributed by atoms with Gasteiger partial charge in [-0.2, -0.15) is 0 Å². The number of amides is 1. The topological polar surface area (TPSA) is 58.6 Å². The van der Waals surface area contributed by atoms with E-state index in [0.29, 0.717) is 37.4 Å². The Morgan fingerprint density at radius 2 is 1.81 bits per heavy atom. The first-order valence-electron chi connectivity index (χ1n) is 8.49. The maximum Gasteiger partial charge on any atom is 0.410 e. The van der Waals surface area contributed by atoms with Crippen molar-refractivity contribution in [3.8, 4) is 0 Å². The fraction of sp³-hybridized carbons (Fsp3) is 0.500. The number of rotatable bonds is 1. The van der Waals surface area contributed by atoms with Crippen LogP contribution in [-0.2, 0) is 4.74 Å². The lowest BCUT2D eigenvalue weighted by molar-refractivity contribution is 0.0240. The highest BCUT2D eigenvalue weighted by Crippen LogP contribution is 2.29. The number of anilines is 1. The zero-order chi connectivity index (χ0) is 19.1. The normalized spacial score (nSPS) is 15.5. The minimum Gasteiger partial charge on any atom is -0.444 e. The average molecular weight is 364 g/mol. The van der Waals surface area contributed by atoms with E-state index >= 15 is 0 Å². The summed E-state index contributed by atoms with van der Waals surface area (Å²) in [5.74, 6) is -0.828. The first-order chi connectivity index (χ1) is 12.2. The molecule has 0 atom stereocenters. The van der Waals surface area contributed by atoms with Gasteiger partial charge in [-0.25, -0.2) is 23.5 Å². The molecule has 1 aromatic heterocycles. The van der Waals surface area contributed by atoms with E-state index in [1.165, 1.54) is 19.3 Å². The van der Waals surface area contributed by atoms with E-state index in [0.717, 1.165) is 0 Å². The number of benzene rings is 1. The van der Waals surface area contributed by atoms with Gasteiger partial charge in [0.1, 0.15) is 29.1 Å². The van der Waals surface area contributed by atoms with Crippen LogP contribution in [0.25, 0.3) is 10.9 Å². The fourth-order valence-corrected chi connectivity index (χ4v) is 2.89. The third-order valence-corrected chi connectivity index (χ3v) is 4.26. The maximum absolute atomic E-state index is 14.3. The lowest BCUT2D eigenvalue weighted by atomic mass is 10.1. The van der Waals surface area contributed by atoms with Crippen molar-refractivity contribution in [3.05, 3.63) is 29.6 Å². The van der Waals surface area contributed by atoms with Gasteiger partial charge in [0.15, 0.2) is 5.82 Å². The van der Waals surface area contributed by atoms with Crippen molar-refractivity contribution in [3.63, 3.8) is 0 Å². The zero-order valence-electron chi connectivity index (χ0n) is 15.3. The van der Waals surface area contributed by atoms with Gasteiger partial charge in [-0.05, 0) is 33.8 Å². The number of fused-ring (bicyclic) bond motifs is 1. The predicted octanol–water partition coefficient (Wildman–Crippen LogP) is 3.27. The first kappa shape index (κ1) is 18.3. The number of aromatic nitrogens is 2.